The van der Waals surface area contributed by atoms with Crippen molar-refractivity contribution in [2.75, 3.05) is 9.80 Å². The van der Waals surface area contributed by atoms with Gasteiger partial charge in [-0.25, -0.2) is 4.98 Å². The van der Waals surface area contributed by atoms with E-state index in [9.17, 15) is 0 Å². The first-order valence-electron chi connectivity index (χ1n) is 28.7. The van der Waals surface area contributed by atoms with Gasteiger partial charge in [-0.1, -0.05) is 204 Å². The molecule has 0 unspecified atom stereocenters. The molecule has 81 heavy (non-hydrogen) atoms. The zero-order chi connectivity index (χ0) is 56.4. The second-order valence-corrected chi connectivity index (χ2v) is 26.5. The second kappa shape index (κ2) is 18.7. The molecule has 0 amide bonds. The SMILES string of the molecule is CC(C)(C)c1ccc(N(c2ccc(C(C)(C)C)cc2)c2cc3c(c4cc5ccoc5cc24)-c2c(cc(N(c4ccc(C(C)(C)C)cc4)c4ccc(C(C)(C)C)cn4)c4c2oc2ccccc24)C3(c2ccccc2)c2ccccc2)cc1. The minimum Gasteiger partial charge on any atom is -0.464 e. The maximum atomic E-state index is 7.55. The molecule has 0 N–H and O–H groups in total. The summed E-state index contributed by atoms with van der Waals surface area (Å²) in [6, 6.07) is 74.5. The van der Waals surface area contributed by atoms with Crippen molar-refractivity contribution in [3.05, 3.63) is 257 Å². The van der Waals surface area contributed by atoms with Crippen molar-refractivity contribution in [3.8, 4) is 11.1 Å². The Hall–Kier alpha value is -8.67. The average molecular weight is 1060 g/mol. The van der Waals surface area contributed by atoms with Gasteiger partial charge in [0.1, 0.15) is 22.6 Å². The lowest BCUT2D eigenvalue weighted by Crippen LogP contribution is -2.29. The molecule has 402 valence electrons. The number of pyridine rings is 1. The minimum atomic E-state index is -0.882. The predicted molar refractivity (Wildman–Crippen MR) is 340 cm³/mol. The number of anilines is 6. The largest absolute Gasteiger partial charge is 0.464 e. The van der Waals surface area contributed by atoms with Gasteiger partial charge in [0, 0.05) is 45.0 Å². The molecule has 5 heteroatoms. The van der Waals surface area contributed by atoms with Crippen LogP contribution in [-0.2, 0) is 27.1 Å². The highest BCUT2D eigenvalue weighted by Crippen LogP contribution is 2.64. The molecule has 0 saturated carbocycles. The zero-order valence-electron chi connectivity index (χ0n) is 48.9. The van der Waals surface area contributed by atoms with Crippen molar-refractivity contribution >= 4 is 77.9 Å². The Balaban J connectivity index is 1.21. The third-order valence-corrected chi connectivity index (χ3v) is 17.1. The highest BCUT2D eigenvalue weighted by Gasteiger charge is 2.50. The molecule has 0 aliphatic heterocycles. The number of nitrogens with zero attached hydrogens (tertiary/aromatic N) is 3. The molecule has 9 aromatic carbocycles. The molecule has 0 spiro atoms. The molecule has 3 aromatic heterocycles. The molecule has 0 saturated heterocycles. The van der Waals surface area contributed by atoms with Crippen molar-refractivity contribution in [1.82, 2.24) is 4.98 Å². The summed E-state index contributed by atoms with van der Waals surface area (Å²) in [7, 11) is 0. The predicted octanol–water partition coefficient (Wildman–Crippen LogP) is 21.4. The van der Waals surface area contributed by atoms with E-state index < -0.39 is 5.41 Å². The fraction of sp³-hybridized carbons (Fsp3) is 0.224. The minimum absolute atomic E-state index is 0.0299. The van der Waals surface area contributed by atoms with Gasteiger partial charge in [-0.15, -0.1) is 0 Å². The van der Waals surface area contributed by atoms with Gasteiger partial charge < -0.3 is 13.7 Å². The first-order valence-corrected chi connectivity index (χ1v) is 28.7. The number of hydrogen-bond donors (Lipinski definition) is 0. The van der Waals surface area contributed by atoms with Gasteiger partial charge >= 0.3 is 0 Å². The Morgan fingerprint density at radius 1 is 0.395 bits per heavy atom. The van der Waals surface area contributed by atoms with E-state index in [1.807, 2.05) is 6.26 Å². The van der Waals surface area contributed by atoms with Gasteiger partial charge in [0.2, 0.25) is 0 Å². The molecule has 1 aliphatic carbocycles. The van der Waals surface area contributed by atoms with E-state index in [1.54, 1.807) is 0 Å². The lowest BCUT2D eigenvalue weighted by Gasteiger charge is -2.36. The fourth-order valence-electron chi connectivity index (χ4n) is 12.6. The summed E-state index contributed by atoms with van der Waals surface area (Å²) >= 11 is 0. The van der Waals surface area contributed by atoms with Crippen LogP contribution in [0.15, 0.2) is 221 Å². The summed E-state index contributed by atoms with van der Waals surface area (Å²) < 4.78 is 13.9. The summed E-state index contributed by atoms with van der Waals surface area (Å²) in [6.45, 7) is 27.2. The van der Waals surface area contributed by atoms with Crippen LogP contribution in [0.1, 0.15) is 128 Å². The quantitative estimate of drug-likeness (QED) is 0.152. The third kappa shape index (κ3) is 8.54. The number of benzene rings is 9. The van der Waals surface area contributed by atoms with Crippen molar-refractivity contribution in [2.24, 2.45) is 0 Å². The van der Waals surface area contributed by atoms with Gasteiger partial charge in [-0.3, -0.25) is 4.90 Å². The molecule has 0 bridgehead atoms. The van der Waals surface area contributed by atoms with Gasteiger partial charge in [-0.05, 0) is 156 Å². The Morgan fingerprint density at radius 2 is 0.877 bits per heavy atom. The molecule has 0 radical (unpaired) electrons. The van der Waals surface area contributed by atoms with E-state index in [0.717, 1.165) is 111 Å². The second-order valence-electron chi connectivity index (χ2n) is 26.5. The molecule has 0 fully saturated rings. The molecular formula is C76H71N3O2. The molecule has 3 heterocycles. The van der Waals surface area contributed by atoms with Crippen LogP contribution >= 0.6 is 0 Å². The summed E-state index contributed by atoms with van der Waals surface area (Å²) in [4.78, 5) is 10.2. The Morgan fingerprint density at radius 3 is 1.40 bits per heavy atom. The number of fused-ring (bicyclic) bond motifs is 10. The fourth-order valence-corrected chi connectivity index (χ4v) is 12.6. The van der Waals surface area contributed by atoms with Gasteiger partial charge in [0.05, 0.1) is 28.4 Å². The lowest BCUT2D eigenvalue weighted by molar-refractivity contribution is 0.587. The van der Waals surface area contributed by atoms with Crippen LogP contribution in [0.4, 0.5) is 34.3 Å². The zero-order valence-corrected chi connectivity index (χ0v) is 48.9. The number of furan rings is 2. The van der Waals surface area contributed by atoms with Crippen molar-refractivity contribution in [2.45, 2.75) is 110 Å². The normalized spacial score (nSPS) is 13.5. The highest BCUT2D eigenvalue weighted by molar-refractivity contribution is 6.23. The summed E-state index contributed by atoms with van der Waals surface area (Å²) in [5.74, 6) is 0.819. The first kappa shape index (κ1) is 51.7. The molecule has 5 nitrogen and oxygen atoms in total. The van der Waals surface area contributed by atoms with E-state index >= 15 is 0 Å². The molecule has 1 aliphatic rings. The van der Waals surface area contributed by atoms with Gasteiger partial charge in [0.25, 0.3) is 0 Å². The van der Waals surface area contributed by atoms with E-state index in [0.29, 0.717) is 0 Å². The maximum Gasteiger partial charge on any atom is 0.145 e. The van der Waals surface area contributed by atoms with Crippen LogP contribution in [0.5, 0.6) is 0 Å². The monoisotopic (exact) mass is 1060 g/mol. The van der Waals surface area contributed by atoms with E-state index in [-0.39, 0.29) is 21.7 Å². The summed E-state index contributed by atoms with van der Waals surface area (Å²) in [5.41, 5.74) is 18.3. The van der Waals surface area contributed by atoms with Crippen LogP contribution in [0, 0.1) is 0 Å². The Labute approximate surface area is 477 Å². The van der Waals surface area contributed by atoms with Crippen LogP contribution in [0.25, 0.3) is 54.8 Å². The first-order chi connectivity index (χ1) is 38.7. The number of rotatable bonds is 8. The van der Waals surface area contributed by atoms with Crippen LogP contribution in [0.2, 0.25) is 0 Å². The summed E-state index contributed by atoms with van der Waals surface area (Å²) in [6.07, 6.45) is 3.87. The van der Waals surface area contributed by atoms with Gasteiger partial charge in [0.15, 0.2) is 0 Å². The van der Waals surface area contributed by atoms with Crippen LogP contribution < -0.4 is 9.80 Å². The number of para-hydroxylation sites is 1. The Bertz CT molecular complexity index is 4160. The Kier molecular flexibility index (Phi) is 12.0. The molecule has 13 rings (SSSR count). The van der Waals surface area contributed by atoms with Gasteiger partial charge in [-0.2, -0.15) is 0 Å². The van der Waals surface area contributed by atoms with Crippen LogP contribution in [0.3, 0.4) is 0 Å². The number of hydrogen-bond acceptors (Lipinski definition) is 5. The van der Waals surface area contributed by atoms with E-state index in [1.165, 1.54) is 22.3 Å². The maximum absolute atomic E-state index is 7.55. The lowest BCUT2D eigenvalue weighted by atomic mass is 9.67. The van der Waals surface area contributed by atoms with E-state index in [4.69, 9.17) is 13.8 Å². The topological polar surface area (TPSA) is 45.7 Å². The average Bonchev–Trinajstić information content (AvgIpc) is 4.38. The standard InChI is InChI=1S/C76H71N3O2/c1-72(2,3)49-27-34-55(35-28-49)78(56-36-29-50(30-37-56)73(4,5)6)63-45-61-68(60-43-48-41-42-80-66(48)44-59(60)63)70-62(76(61,52-21-15-13-16-22-52)53-23-17-14-18-24-53)46-64(69-58-25-19-20-26-65(58)81-71(69)70)79(57-38-31-51(32-39-57)74(7,8)9)67-40-33-54(47-77-67)75(10,11)12/h13-47H,1-12H3. The number of aromatic nitrogens is 1. The molecule has 0 atom stereocenters. The van der Waals surface area contributed by atoms with Crippen molar-refractivity contribution in [3.63, 3.8) is 0 Å². The van der Waals surface area contributed by atoms with Crippen molar-refractivity contribution in [1.29, 1.82) is 0 Å². The third-order valence-electron chi connectivity index (χ3n) is 17.1. The van der Waals surface area contributed by atoms with Crippen molar-refractivity contribution < 1.29 is 8.83 Å². The molecular weight excluding hydrogens is 987 g/mol. The smallest absolute Gasteiger partial charge is 0.145 e. The van der Waals surface area contributed by atoms with E-state index in [2.05, 4.69) is 299 Å². The van der Waals surface area contributed by atoms with Crippen LogP contribution in [-0.4, -0.2) is 4.98 Å². The molecule has 12 aromatic rings. The summed E-state index contributed by atoms with van der Waals surface area (Å²) in [5, 5.41) is 5.26. The highest BCUT2D eigenvalue weighted by atomic mass is 16.3.